The van der Waals surface area contributed by atoms with Gasteiger partial charge in [-0.15, -0.1) is 0 Å². The molecule has 0 spiro atoms. The monoisotopic (exact) mass is 314 g/mol. The molecule has 21 heavy (non-hydrogen) atoms. The van der Waals surface area contributed by atoms with Gasteiger partial charge in [0.15, 0.2) is 0 Å². The first-order valence-corrected chi connectivity index (χ1v) is 9.47. The third-order valence-corrected chi connectivity index (χ3v) is 6.03. The third-order valence-electron chi connectivity index (χ3n) is 4.63. The molecule has 2 rings (SSSR count). The van der Waals surface area contributed by atoms with E-state index >= 15 is 0 Å². The topological polar surface area (TPSA) is 63.6 Å². The minimum atomic E-state index is -0.730. The molecule has 0 aromatic heterocycles. The molecule has 5 heteroatoms. The summed E-state index contributed by atoms with van der Waals surface area (Å²) in [6.07, 6.45) is 9.89. The normalized spacial score (nSPS) is 32.8. The summed E-state index contributed by atoms with van der Waals surface area (Å²) in [6, 6.07) is 0. The van der Waals surface area contributed by atoms with Crippen molar-refractivity contribution in [3.63, 3.8) is 0 Å². The van der Waals surface area contributed by atoms with Gasteiger partial charge in [-0.05, 0) is 38.0 Å². The van der Waals surface area contributed by atoms with Gasteiger partial charge in [0.2, 0.25) is 0 Å². The number of carbonyl (C=O) groups is 1. The van der Waals surface area contributed by atoms with Crippen molar-refractivity contribution in [2.24, 2.45) is 11.8 Å². The molecule has 2 aliphatic rings. The lowest BCUT2D eigenvalue weighted by molar-refractivity contribution is -0.137. The molecule has 2 bridgehead atoms. The zero-order valence-corrected chi connectivity index (χ0v) is 13.5. The van der Waals surface area contributed by atoms with Crippen molar-refractivity contribution in [1.29, 1.82) is 0 Å². The number of carboxylic acid groups (broad SMARTS) is 1. The van der Waals surface area contributed by atoms with Crippen molar-refractivity contribution in [2.45, 2.75) is 57.7 Å². The number of unbranched alkanes of at least 4 members (excludes halogenated alkanes) is 1. The second kappa shape index (κ2) is 8.08. The molecular formula is C16H26O4S. The first kappa shape index (κ1) is 16.7. The molecule has 4 nitrogen and oxygen atoms in total. The van der Waals surface area contributed by atoms with E-state index in [0.29, 0.717) is 30.5 Å². The average molecular weight is 314 g/mol. The Labute approximate surface area is 129 Å². The van der Waals surface area contributed by atoms with Gasteiger partial charge in [-0.25, -0.2) is 0 Å². The van der Waals surface area contributed by atoms with Crippen LogP contribution >= 0.6 is 0 Å². The van der Waals surface area contributed by atoms with Crippen molar-refractivity contribution >= 4 is 16.8 Å². The van der Waals surface area contributed by atoms with Gasteiger partial charge in [0, 0.05) is 34.6 Å². The van der Waals surface area contributed by atoms with Gasteiger partial charge in [-0.2, -0.15) is 0 Å². The van der Waals surface area contributed by atoms with Crippen molar-refractivity contribution in [3.8, 4) is 0 Å². The lowest BCUT2D eigenvalue weighted by Crippen LogP contribution is -2.31. The molecule has 2 fully saturated rings. The summed E-state index contributed by atoms with van der Waals surface area (Å²) in [5.74, 6) is 1.70. The van der Waals surface area contributed by atoms with Crippen molar-refractivity contribution < 1.29 is 18.8 Å². The molecule has 120 valence electrons. The summed E-state index contributed by atoms with van der Waals surface area (Å²) >= 11 is 0. The highest BCUT2D eigenvalue weighted by Gasteiger charge is 2.48. The van der Waals surface area contributed by atoms with Crippen LogP contribution in [-0.2, 0) is 20.3 Å². The van der Waals surface area contributed by atoms with E-state index in [1.807, 2.05) is 6.92 Å². The van der Waals surface area contributed by atoms with Gasteiger partial charge in [-0.1, -0.05) is 19.1 Å². The van der Waals surface area contributed by atoms with E-state index < -0.39 is 16.8 Å². The SMILES string of the molecule is CCS(=O)C[C@H]1[C@@H](CC=CCCCC(=O)O)[C@H]2CC[C@@H]1O2. The molecule has 0 radical (unpaired) electrons. The molecule has 2 heterocycles. The first-order valence-electron chi connectivity index (χ1n) is 7.99. The van der Waals surface area contributed by atoms with Gasteiger partial charge >= 0.3 is 5.97 Å². The van der Waals surface area contributed by atoms with E-state index in [4.69, 9.17) is 9.84 Å². The minimum Gasteiger partial charge on any atom is -0.481 e. The number of rotatable bonds is 9. The van der Waals surface area contributed by atoms with Gasteiger partial charge in [0.25, 0.3) is 0 Å². The lowest BCUT2D eigenvalue weighted by Gasteiger charge is -2.26. The summed E-state index contributed by atoms with van der Waals surface area (Å²) in [5, 5.41) is 8.59. The maximum absolute atomic E-state index is 11.9. The molecule has 0 amide bonds. The van der Waals surface area contributed by atoms with E-state index in [1.54, 1.807) is 0 Å². The van der Waals surface area contributed by atoms with Crippen LogP contribution in [0.4, 0.5) is 0 Å². The van der Waals surface area contributed by atoms with E-state index in [9.17, 15) is 9.00 Å². The summed E-state index contributed by atoms with van der Waals surface area (Å²) in [6.45, 7) is 1.97. The summed E-state index contributed by atoms with van der Waals surface area (Å²) in [5.41, 5.74) is 0. The summed E-state index contributed by atoms with van der Waals surface area (Å²) in [7, 11) is -0.724. The van der Waals surface area contributed by atoms with E-state index in [-0.39, 0.29) is 6.42 Å². The highest BCUT2D eigenvalue weighted by Crippen LogP contribution is 2.45. The molecule has 2 aliphatic heterocycles. The number of hydrogen-bond acceptors (Lipinski definition) is 3. The Bertz CT molecular complexity index is 407. The Morgan fingerprint density at radius 1 is 1.29 bits per heavy atom. The zero-order chi connectivity index (χ0) is 15.2. The van der Waals surface area contributed by atoms with E-state index in [2.05, 4.69) is 12.2 Å². The van der Waals surface area contributed by atoms with Crippen molar-refractivity contribution in [2.75, 3.05) is 11.5 Å². The van der Waals surface area contributed by atoms with Crippen LogP contribution in [-0.4, -0.2) is 39.0 Å². The Kier molecular flexibility index (Phi) is 6.42. The molecule has 5 atom stereocenters. The third kappa shape index (κ3) is 4.65. The highest BCUT2D eigenvalue weighted by molar-refractivity contribution is 7.84. The van der Waals surface area contributed by atoms with Gasteiger partial charge < -0.3 is 9.84 Å². The highest BCUT2D eigenvalue weighted by atomic mass is 32.2. The minimum absolute atomic E-state index is 0.236. The lowest BCUT2D eigenvalue weighted by atomic mass is 9.78. The fourth-order valence-corrected chi connectivity index (χ4v) is 4.63. The van der Waals surface area contributed by atoms with Crippen LogP contribution in [0.5, 0.6) is 0 Å². The zero-order valence-electron chi connectivity index (χ0n) is 12.7. The number of aliphatic carboxylic acids is 1. The first-order chi connectivity index (χ1) is 10.1. The molecule has 0 saturated carbocycles. The molecule has 1 N–H and O–H groups in total. The largest absolute Gasteiger partial charge is 0.481 e. The predicted molar refractivity (Wildman–Crippen MR) is 83.7 cm³/mol. The fraction of sp³-hybridized carbons (Fsp3) is 0.812. The van der Waals surface area contributed by atoms with Crippen LogP contribution in [0.25, 0.3) is 0 Å². The maximum Gasteiger partial charge on any atom is 0.303 e. The molecule has 0 aliphatic carbocycles. The second-order valence-electron chi connectivity index (χ2n) is 6.01. The fourth-order valence-electron chi connectivity index (χ4n) is 3.50. The smallest absolute Gasteiger partial charge is 0.303 e. The van der Waals surface area contributed by atoms with Crippen LogP contribution in [0.3, 0.4) is 0 Å². The number of ether oxygens (including phenoxy) is 1. The average Bonchev–Trinajstić information content (AvgIpc) is 3.04. The van der Waals surface area contributed by atoms with E-state index in [0.717, 1.165) is 37.2 Å². The van der Waals surface area contributed by atoms with Crippen LogP contribution in [0.15, 0.2) is 12.2 Å². The maximum atomic E-state index is 11.9. The van der Waals surface area contributed by atoms with Crippen LogP contribution in [0, 0.1) is 11.8 Å². The Balaban J connectivity index is 1.78. The Morgan fingerprint density at radius 3 is 2.67 bits per heavy atom. The molecule has 1 unspecified atom stereocenters. The quantitative estimate of drug-likeness (QED) is 0.525. The van der Waals surface area contributed by atoms with Crippen LogP contribution in [0.2, 0.25) is 0 Å². The number of carboxylic acids is 1. The Hall–Kier alpha value is -0.680. The van der Waals surface area contributed by atoms with Crippen molar-refractivity contribution in [1.82, 2.24) is 0 Å². The molecule has 2 saturated heterocycles. The number of hydrogen-bond donors (Lipinski definition) is 1. The number of fused-ring (bicyclic) bond motifs is 2. The molecule has 0 aromatic carbocycles. The summed E-state index contributed by atoms with van der Waals surface area (Å²) < 4.78 is 17.9. The Morgan fingerprint density at radius 2 is 2.00 bits per heavy atom. The predicted octanol–water partition coefficient (Wildman–Crippen LogP) is 2.75. The van der Waals surface area contributed by atoms with Crippen LogP contribution < -0.4 is 0 Å². The van der Waals surface area contributed by atoms with Gasteiger partial charge in [0.1, 0.15) is 0 Å². The second-order valence-corrected chi connectivity index (χ2v) is 7.80. The van der Waals surface area contributed by atoms with Gasteiger partial charge in [-0.3, -0.25) is 9.00 Å². The van der Waals surface area contributed by atoms with Crippen LogP contribution in [0.1, 0.15) is 45.4 Å². The summed E-state index contributed by atoms with van der Waals surface area (Å²) in [4.78, 5) is 10.4. The van der Waals surface area contributed by atoms with Crippen molar-refractivity contribution in [3.05, 3.63) is 12.2 Å². The van der Waals surface area contributed by atoms with Gasteiger partial charge in [0.05, 0.1) is 12.2 Å². The van der Waals surface area contributed by atoms with E-state index in [1.165, 1.54) is 0 Å². The molecule has 0 aromatic rings. The standard InChI is InChI=1S/C16H26O4S/c1-2-21(19)11-13-12(14-9-10-15(13)20-14)7-5-3-4-6-8-16(17)18/h3,5,12-15H,2,4,6-11H2,1H3,(H,17,18)/t12-,13+,14-,15+,21?/m1/s1. The molecular weight excluding hydrogens is 288 g/mol. The number of allylic oxidation sites excluding steroid dienone is 2.